The Morgan fingerprint density at radius 1 is 1.11 bits per heavy atom. The van der Waals surface area contributed by atoms with Crippen molar-refractivity contribution < 1.29 is 10.2 Å². The molecule has 0 fully saturated rings. The number of thioether (sulfide) groups is 1. The summed E-state index contributed by atoms with van der Waals surface area (Å²) in [5.74, 6) is 0.837. The number of aryl methyl sites for hydroxylation is 3. The average Bonchev–Trinajstić information content (AvgIpc) is 2.30. The van der Waals surface area contributed by atoms with E-state index < -0.39 is 0 Å². The molecule has 19 heavy (non-hydrogen) atoms. The molecule has 102 valence electrons. The summed E-state index contributed by atoms with van der Waals surface area (Å²) < 4.78 is 0.920. The first-order chi connectivity index (χ1) is 8.58. The highest BCUT2D eigenvalue weighted by atomic mass is 32.2. The summed E-state index contributed by atoms with van der Waals surface area (Å²) in [5.41, 5.74) is 5.22. The largest absolute Gasteiger partial charge is 0.618 e. The molecule has 4 heteroatoms. The first kappa shape index (κ1) is 15.5. The van der Waals surface area contributed by atoms with Gasteiger partial charge in [-0.05, 0) is 43.5 Å². The van der Waals surface area contributed by atoms with E-state index in [0.29, 0.717) is 0 Å². The Bertz CT molecular complexity index is 547. The molecule has 0 atom stereocenters. The van der Waals surface area contributed by atoms with Gasteiger partial charge in [0.2, 0.25) is 0 Å². The van der Waals surface area contributed by atoms with Gasteiger partial charge in [-0.1, -0.05) is 29.5 Å². The highest BCUT2D eigenvalue weighted by Crippen LogP contribution is 2.25. The fourth-order valence-corrected chi connectivity index (χ4v) is 3.22. The standard InChI is InChI=1S/C15H17NOS.H2O/c1-11-8-12(2)14(13(3)9-11)10-18-15-6-4-5-7-16(15)17;/h4-9H,10H2,1-3H3;1H2. The fourth-order valence-electron chi connectivity index (χ4n) is 2.11. The predicted molar refractivity (Wildman–Crippen MR) is 79.2 cm³/mol. The van der Waals surface area contributed by atoms with Crippen LogP contribution in [0.2, 0.25) is 0 Å². The molecule has 0 unspecified atom stereocenters. The molecule has 2 rings (SSSR count). The van der Waals surface area contributed by atoms with E-state index in [1.54, 1.807) is 17.8 Å². The van der Waals surface area contributed by atoms with Crippen LogP contribution in [0.5, 0.6) is 0 Å². The number of pyridine rings is 1. The van der Waals surface area contributed by atoms with Crippen LogP contribution >= 0.6 is 11.8 Å². The first-order valence-corrected chi connectivity index (χ1v) is 6.94. The third kappa shape index (κ3) is 3.72. The lowest BCUT2D eigenvalue weighted by Crippen LogP contribution is -2.27. The Morgan fingerprint density at radius 2 is 1.74 bits per heavy atom. The maximum absolute atomic E-state index is 11.6. The van der Waals surface area contributed by atoms with Crippen LogP contribution < -0.4 is 4.73 Å². The molecule has 0 aliphatic heterocycles. The van der Waals surface area contributed by atoms with E-state index in [0.717, 1.165) is 15.5 Å². The average molecular weight is 277 g/mol. The van der Waals surface area contributed by atoms with Crippen molar-refractivity contribution in [2.45, 2.75) is 31.6 Å². The van der Waals surface area contributed by atoms with Crippen molar-refractivity contribution in [3.8, 4) is 0 Å². The number of hydrogen-bond donors (Lipinski definition) is 0. The van der Waals surface area contributed by atoms with Crippen LogP contribution in [0.15, 0.2) is 41.6 Å². The normalized spacial score (nSPS) is 10.1. The van der Waals surface area contributed by atoms with Crippen molar-refractivity contribution in [2.75, 3.05) is 0 Å². The summed E-state index contributed by atoms with van der Waals surface area (Å²) >= 11 is 1.58. The first-order valence-electron chi connectivity index (χ1n) is 5.95. The summed E-state index contributed by atoms with van der Waals surface area (Å²) in [6, 6.07) is 9.89. The molecule has 0 radical (unpaired) electrons. The van der Waals surface area contributed by atoms with E-state index in [1.807, 2.05) is 12.1 Å². The summed E-state index contributed by atoms with van der Waals surface area (Å²) in [6.07, 6.45) is 1.54. The number of hydrogen-bond acceptors (Lipinski definition) is 2. The Labute approximate surface area is 118 Å². The van der Waals surface area contributed by atoms with Gasteiger partial charge in [0.1, 0.15) is 0 Å². The minimum absolute atomic E-state index is 0. The molecule has 0 amide bonds. The second kappa shape index (κ2) is 6.59. The highest BCUT2D eigenvalue weighted by Gasteiger charge is 2.08. The second-order valence-electron chi connectivity index (χ2n) is 4.53. The Hall–Kier alpha value is -1.52. The van der Waals surface area contributed by atoms with Crippen LogP contribution in [0.4, 0.5) is 0 Å². The maximum Gasteiger partial charge on any atom is 0.251 e. The molecule has 0 saturated heterocycles. The third-order valence-electron chi connectivity index (χ3n) is 2.99. The maximum atomic E-state index is 11.6. The molecule has 0 bridgehead atoms. The van der Waals surface area contributed by atoms with Crippen LogP contribution in [-0.4, -0.2) is 5.48 Å². The summed E-state index contributed by atoms with van der Waals surface area (Å²) in [6.45, 7) is 6.37. The molecule has 0 aliphatic rings. The van der Waals surface area contributed by atoms with E-state index in [9.17, 15) is 5.21 Å². The topological polar surface area (TPSA) is 58.4 Å². The van der Waals surface area contributed by atoms with Crippen LogP contribution in [0.25, 0.3) is 0 Å². The molecule has 1 aromatic carbocycles. The lowest BCUT2D eigenvalue weighted by atomic mass is 10.0. The van der Waals surface area contributed by atoms with Crippen molar-refractivity contribution in [3.63, 3.8) is 0 Å². The predicted octanol–water partition coefficient (Wildman–Crippen LogP) is 2.71. The van der Waals surface area contributed by atoms with Gasteiger partial charge in [0.25, 0.3) is 5.03 Å². The molecular formula is C15H19NO2S. The van der Waals surface area contributed by atoms with Crippen molar-refractivity contribution in [2.24, 2.45) is 0 Å². The molecule has 2 N–H and O–H groups in total. The van der Waals surface area contributed by atoms with Gasteiger partial charge in [-0.25, -0.2) is 0 Å². The van der Waals surface area contributed by atoms with Crippen molar-refractivity contribution >= 4 is 11.8 Å². The molecule has 2 aromatic rings. The number of benzene rings is 1. The fraction of sp³-hybridized carbons (Fsp3) is 0.267. The van der Waals surface area contributed by atoms with Gasteiger partial charge in [-0.15, -0.1) is 0 Å². The number of rotatable bonds is 3. The lowest BCUT2D eigenvalue weighted by molar-refractivity contribution is -0.645. The van der Waals surface area contributed by atoms with E-state index in [2.05, 4.69) is 32.9 Å². The quantitative estimate of drug-likeness (QED) is 0.492. The third-order valence-corrected chi connectivity index (χ3v) is 4.04. The molecule has 0 spiro atoms. The van der Waals surface area contributed by atoms with E-state index in [4.69, 9.17) is 0 Å². The molecule has 1 heterocycles. The zero-order valence-electron chi connectivity index (χ0n) is 11.4. The van der Waals surface area contributed by atoms with E-state index in [-0.39, 0.29) is 5.48 Å². The van der Waals surface area contributed by atoms with Crippen molar-refractivity contribution in [1.29, 1.82) is 0 Å². The number of nitrogens with zero attached hydrogens (tertiary/aromatic N) is 1. The SMILES string of the molecule is Cc1cc(C)c(CSc2cccc[n+]2[O-])c(C)c1.O. The van der Waals surface area contributed by atoms with Gasteiger partial charge >= 0.3 is 0 Å². The zero-order chi connectivity index (χ0) is 13.1. The van der Waals surface area contributed by atoms with E-state index in [1.165, 1.54) is 28.5 Å². The van der Waals surface area contributed by atoms with Crippen LogP contribution in [0.1, 0.15) is 22.3 Å². The highest BCUT2D eigenvalue weighted by molar-refractivity contribution is 7.98. The molecule has 3 nitrogen and oxygen atoms in total. The second-order valence-corrected chi connectivity index (χ2v) is 5.53. The minimum Gasteiger partial charge on any atom is -0.618 e. The lowest BCUT2D eigenvalue weighted by Gasteiger charge is -2.10. The van der Waals surface area contributed by atoms with Gasteiger partial charge in [0.15, 0.2) is 6.20 Å². The summed E-state index contributed by atoms with van der Waals surface area (Å²) in [7, 11) is 0. The van der Waals surface area contributed by atoms with Gasteiger partial charge in [-0.2, -0.15) is 4.73 Å². The Kier molecular flexibility index (Phi) is 5.39. The zero-order valence-corrected chi connectivity index (χ0v) is 12.3. The molecule has 0 saturated carbocycles. The summed E-state index contributed by atoms with van der Waals surface area (Å²) in [4.78, 5) is 0. The van der Waals surface area contributed by atoms with Crippen molar-refractivity contribution in [1.82, 2.24) is 0 Å². The van der Waals surface area contributed by atoms with Gasteiger partial charge in [0.05, 0.1) is 0 Å². The molecule has 1 aromatic heterocycles. The van der Waals surface area contributed by atoms with Crippen LogP contribution in [-0.2, 0) is 5.75 Å². The smallest absolute Gasteiger partial charge is 0.251 e. The van der Waals surface area contributed by atoms with Gasteiger partial charge in [-0.3, -0.25) is 0 Å². The van der Waals surface area contributed by atoms with Crippen LogP contribution in [0.3, 0.4) is 0 Å². The Morgan fingerprint density at radius 3 is 2.32 bits per heavy atom. The molecule has 0 aliphatic carbocycles. The molecular weight excluding hydrogens is 258 g/mol. The Balaban J connectivity index is 0.00000180. The van der Waals surface area contributed by atoms with Crippen LogP contribution in [0, 0.1) is 26.0 Å². The minimum atomic E-state index is 0. The van der Waals surface area contributed by atoms with Gasteiger partial charge < -0.3 is 10.7 Å². The monoisotopic (exact) mass is 277 g/mol. The van der Waals surface area contributed by atoms with Crippen molar-refractivity contribution in [3.05, 3.63) is 64.0 Å². The van der Waals surface area contributed by atoms with E-state index >= 15 is 0 Å². The van der Waals surface area contributed by atoms with Gasteiger partial charge in [0, 0.05) is 17.9 Å². The number of aromatic nitrogens is 1. The summed E-state index contributed by atoms with van der Waals surface area (Å²) in [5, 5.41) is 12.3.